The van der Waals surface area contributed by atoms with E-state index in [4.69, 9.17) is 0 Å². The topological polar surface area (TPSA) is 137 Å². The average Bonchev–Trinajstić information content (AvgIpc) is 3.61. The van der Waals surface area contributed by atoms with Gasteiger partial charge < -0.3 is 35.1 Å². The van der Waals surface area contributed by atoms with Gasteiger partial charge in [-0.3, -0.25) is 9.69 Å². The highest BCUT2D eigenvalue weighted by Crippen LogP contribution is 2.51. The molecule has 0 radical (unpaired) electrons. The van der Waals surface area contributed by atoms with Gasteiger partial charge in [0.05, 0.1) is 11.0 Å². The maximum absolute atomic E-state index is 15.0. The molecule has 3 N–H and O–H groups in total. The van der Waals surface area contributed by atoms with Crippen LogP contribution in [0.25, 0.3) is 0 Å². The molecule has 8 rings (SSSR count). The van der Waals surface area contributed by atoms with Gasteiger partial charge in [0.25, 0.3) is 5.91 Å². The molecule has 6 fully saturated rings. The molecule has 6 aliphatic rings. The van der Waals surface area contributed by atoms with Crippen LogP contribution in [0.2, 0.25) is 0 Å². The Morgan fingerprint density at radius 3 is 2.17 bits per heavy atom. The highest BCUT2D eigenvalue weighted by atomic mass is 32.2. The maximum atomic E-state index is 15.0. The number of carbonyl (C=O) groups is 2. The van der Waals surface area contributed by atoms with Gasteiger partial charge >= 0.3 is 6.09 Å². The summed E-state index contributed by atoms with van der Waals surface area (Å²) in [5.74, 6) is 0.486. The van der Waals surface area contributed by atoms with Crippen molar-refractivity contribution in [3.63, 3.8) is 0 Å². The molecule has 2 amide bonds. The van der Waals surface area contributed by atoms with Crippen LogP contribution < -0.4 is 10.2 Å². The number of aliphatic hydroxyl groups excluding tert-OH is 1. The van der Waals surface area contributed by atoms with Crippen molar-refractivity contribution in [1.82, 2.24) is 24.9 Å². The van der Waals surface area contributed by atoms with Crippen molar-refractivity contribution in [2.24, 2.45) is 17.8 Å². The van der Waals surface area contributed by atoms with Gasteiger partial charge in [-0.15, -0.1) is 0 Å². The number of carbonyl (C=O) groups excluding carboxylic acids is 1. The lowest BCUT2D eigenvalue weighted by molar-refractivity contribution is -0.130. The van der Waals surface area contributed by atoms with Crippen LogP contribution in [0.5, 0.6) is 0 Å². The molecule has 1 aliphatic carbocycles. The van der Waals surface area contributed by atoms with E-state index in [1.54, 1.807) is 23.1 Å². The fourth-order valence-corrected chi connectivity index (χ4v) is 12.7. The molecular weight excluding hydrogens is 760 g/mol. The third-order valence-corrected chi connectivity index (χ3v) is 16.6. The first-order chi connectivity index (χ1) is 27.9. The summed E-state index contributed by atoms with van der Waals surface area (Å²) in [5.41, 5.74) is 2.15. The number of anilines is 1. The minimum absolute atomic E-state index is 0.106. The number of hydrogen-bond acceptors (Lipinski definition) is 9. The average molecular weight is 821 g/mol. The van der Waals surface area contributed by atoms with Crippen LogP contribution in [0.15, 0.2) is 65.6 Å². The van der Waals surface area contributed by atoms with Gasteiger partial charge in [-0.1, -0.05) is 25.1 Å². The number of aliphatic hydroxyl groups is 1. The largest absolute Gasteiger partial charge is 0.465 e. The Morgan fingerprint density at radius 2 is 1.53 bits per heavy atom. The second-order valence-corrected chi connectivity index (χ2v) is 20.3. The van der Waals surface area contributed by atoms with E-state index >= 15 is 0 Å². The summed E-state index contributed by atoms with van der Waals surface area (Å²) in [4.78, 5) is 36.2. The first kappa shape index (κ1) is 41.2. The van der Waals surface area contributed by atoms with E-state index in [1.165, 1.54) is 6.07 Å². The van der Waals surface area contributed by atoms with Crippen molar-refractivity contribution in [2.75, 3.05) is 90.0 Å². The van der Waals surface area contributed by atoms with E-state index in [1.807, 2.05) is 18.2 Å². The Kier molecular flexibility index (Phi) is 12.2. The summed E-state index contributed by atoms with van der Waals surface area (Å²) in [7, 11) is -3.58. The predicted octanol–water partition coefficient (Wildman–Crippen LogP) is 4.05. The van der Waals surface area contributed by atoms with Crippen molar-refractivity contribution in [2.45, 2.75) is 79.1 Å². The molecule has 5 aliphatic heterocycles. The fourth-order valence-electron chi connectivity index (χ4n) is 11.1. The van der Waals surface area contributed by atoms with E-state index in [2.05, 4.69) is 37.6 Å². The number of halogens is 1. The Hall–Kier alpha value is -3.56. The number of piperidine rings is 2. The van der Waals surface area contributed by atoms with Crippen LogP contribution in [0, 0.1) is 23.6 Å². The van der Waals surface area contributed by atoms with Gasteiger partial charge in [0, 0.05) is 87.5 Å². The minimum Gasteiger partial charge on any atom is -0.465 e. The molecule has 1 saturated carbocycles. The molecule has 2 aromatic carbocycles. The molecule has 12 nitrogen and oxygen atoms in total. The predicted molar refractivity (Wildman–Crippen MR) is 221 cm³/mol. The summed E-state index contributed by atoms with van der Waals surface area (Å²) in [6.07, 6.45) is 5.94. The van der Waals surface area contributed by atoms with Crippen LogP contribution >= 0.6 is 0 Å². The molecule has 316 valence electrons. The number of hydrogen-bond donors (Lipinski definition) is 3. The second-order valence-electron chi connectivity index (χ2n) is 18.1. The smallest absolute Gasteiger partial charge is 0.404 e. The van der Waals surface area contributed by atoms with Gasteiger partial charge in [0.1, 0.15) is 11.1 Å². The van der Waals surface area contributed by atoms with E-state index in [0.717, 1.165) is 115 Å². The standard InChI is InChI=1S/C44H61FN6O6S/c1-31(24-47-21-15-37(52)16-22-47)42(53)51-28-39(29-51)58(56,57)38-11-9-36(10-12-38)50-26-32(27-50)25-48-19-13-33(14-20-48)44(30-49-17-4-18-49,34-5-2-6-35(45)23-34)40-7-3-8-41(40)46-43(54)55/h2,5-6,9-12,23,32-33,37,39-41,46,52H,1,3-4,7-8,13-22,24-30H2,(H,54,55)/t40-,41-,44?/m0/s1. The van der Waals surface area contributed by atoms with Crippen molar-refractivity contribution in [3.05, 3.63) is 72.1 Å². The number of nitrogens with zero attached hydrogens (tertiary/aromatic N) is 5. The monoisotopic (exact) mass is 820 g/mol. The highest BCUT2D eigenvalue weighted by molar-refractivity contribution is 7.92. The molecular formula is C44H61FN6O6S. The van der Waals surface area contributed by atoms with Crippen LogP contribution in [0.4, 0.5) is 14.9 Å². The van der Waals surface area contributed by atoms with Gasteiger partial charge in [0.2, 0.25) is 0 Å². The fraction of sp³-hybridized carbons (Fsp3) is 0.636. The molecule has 14 heteroatoms. The zero-order valence-electron chi connectivity index (χ0n) is 33.7. The van der Waals surface area contributed by atoms with E-state index < -0.39 is 21.2 Å². The summed E-state index contributed by atoms with van der Waals surface area (Å²) in [6, 6.07) is 14.2. The normalized spacial score (nSPS) is 25.8. The van der Waals surface area contributed by atoms with Gasteiger partial charge in [-0.05, 0) is 125 Å². The van der Waals surface area contributed by atoms with Crippen molar-refractivity contribution in [1.29, 1.82) is 0 Å². The third kappa shape index (κ3) is 8.54. The Labute approximate surface area is 342 Å². The minimum atomic E-state index is -3.58. The quantitative estimate of drug-likeness (QED) is 0.240. The summed E-state index contributed by atoms with van der Waals surface area (Å²) in [5, 5.41) is 21.8. The third-order valence-electron chi connectivity index (χ3n) is 14.5. The summed E-state index contributed by atoms with van der Waals surface area (Å²) >= 11 is 0. The number of nitrogens with one attached hydrogen (secondary N) is 1. The Balaban J connectivity index is 0.835. The Morgan fingerprint density at radius 1 is 0.845 bits per heavy atom. The number of rotatable bonds is 14. The van der Waals surface area contributed by atoms with Crippen molar-refractivity contribution in [3.8, 4) is 0 Å². The number of likely N-dealkylation sites (tertiary alicyclic amines) is 4. The van der Waals surface area contributed by atoms with Gasteiger partial charge in [-0.25, -0.2) is 17.6 Å². The molecule has 0 bridgehead atoms. The molecule has 5 saturated heterocycles. The molecule has 1 unspecified atom stereocenters. The molecule has 2 aromatic rings. The molecule has 3 atom stereocenters. The van der Waals surface area contributed by atoms with Crippen molar-refractivity contribution < 1.29 is 32.6 Å². The SMILES string of the molecule is C=C(CN1CCC(O)CC1)C(=O)N1CC(S(=O)(=O)c2ccc(N3CC(CN4CCC(C(CN5CCC5)(c5cccc(F)c5)[C@H]5CCC[C@@H]5NC(=O)O)CC4)C3)cc2)C1. The Bertz CT molecular complexity index is 1900. The lowest BCUT2D eigenvalue weighted by Gasteiger charge is -2.54. The number of carboxylic acid groups (broad SMARTS) is 1. The molecule has 58 heavy (non-hydrogen) atoms. The first-order valence-electron chi connectivity index (χ1n) is 21.6. The van der Waals surface area contributed by atoms with E-state index in [0.29, 0.717) is 36.8 Å². The summed E-state index contributed by atoms with van der Waals surface area (Å²) < 4.78 is 41.9. The van der Waals surface area contributed by atoms with Crippen LogP contribution in [0.1, 0.15) is 56.9 Å². The van der Waals surface area contributed by atoms with E-state index in [-0.39, 0.29) is 53.2 Å². The number of benzene rings is 2. The maximum Gasteiger partial charge on any atom is 0.404 e. The van der Waals surface area contributed by atoms with E-state index in [9.17, 15) is 32.6 Å². The van der Waals surface area contributed by atoms with Crippen molar-refractivity contribution >= 4 is 27.5 Å². The first-order valence-corrected chi connectivity index (χ1v) is 23.1. The molecule has 5 heterocycles. The van der Waals surface area contributed by atoms with Crippen LogP contribution in [-0.2, 0) is 20.0 Å². The molecule has 0 aromatic heterocycles. The lowest BCUT2D eigenvalue weighted by Crippen LogP contribution is -2.60. The lowest BCUT2D eigenvalue weighted by atomic mass is 9.57. The second kappa shape index (κ2) is 17.2. The zero-order valence-corrected chi connectivity index (χ0v) is 34.5. The van der Waals surface area contributed by atoms with Crippen LogP contribution in [0.3, 0.4) is 0 Å². The highest BCUT2D eigenvalue weighted by Gasteiger charge is 2.53. The summed E-state index contributed by atoms with van der Waals surface area (Å²) in [6.45, 7) is 13.8. The number of amides is 2. The number of sulfone groups is 1. The van der Waals surface area contributed by atoms with Gasteiger partial charge in [-0.2, -0.15) is 0 Å². The molecule has 0 spiro atoms. The zero-order chi connectivity index (χ0) is 40.6. The van der Waals surface area contributed by atoms with Crippen LogP contribution in [-0.4, -0.2) is 153 Å². The van der Waals surface area contributed by atoms with Gasteiger partial charge in [0.15, 0.2) is 9.84 Å².